The molecule has 2 aliphatic heterocycles. The predicted molar refractivity (Wildman–Crippen MR) is 277 cm³/mol. The van der Waals surface area contributed by atoms with Gasteiger partial charge in [0.1, 0.15) is 0 Å². The van der Waals surface area contributed by atoms with Gasteiger partial charge in [0, 0.05) is 0 Å². The summed E-state index contributed by atoms with van der Waals surface area (Å²) < 4.78 is 0. The zero-order valence-corrected chi connectivity index (χ0v) is 40.1. The van der Waals surface area contributed by atoms with E-state index in [-0.39, 0.29) is 40.5 Å². The highest BCUT2D eigenvalue weighted by Crippen LogP contribution is 2.40. The summed E-state index contributed by atoms with van der Waals surface area (Å²) in [6.45, 7) is 35.5. The molecule has 0 saturated carbocycles. The molecular weight excluding hydrogens is 742 g/mol. The quantitative estimate of drug-likeness (QED) is 0.121. The van der Waals surface area contributed by atoms with Crippen molar-refractivity contribution in [2.45, 2.75) is 131 Å². The first kappa shape index (κ1) is 41.0. The second kappa shape index (κ2) is 13.2. The molecule has 2 heterocycles. The van der Waals surface area contributed by atoms with Crippen LogP contribution in [-0.2, 0) is 27.1 Å². The van der Waals surface area contributed by atoms with E-state index >= 15 is 0 Å². The Morgan fingerprint density at radius 3 is 0.823 bits per heavy atom. The molecule has 0 spiro atoms. The standard InChI is InChI=1S/C60H64B2/c1-56(2,3)37-18-24-42-43-25-19-38(57(4,5)6)31-49(43)61(48(42)30-37)52-34-53(47-23-17-36-29-41(60(13,14)15)28-35-16-22-46(52)55(47)54(35)36)62-50-32-39(58(7,8)9)20-26-44(50)45-27-21-40(33-51(45)62)59(10,11)12/h16-34H,1-15H3. The van der Waals surface area contributed by atoms with Gasteiger partial charge < -0.3 is 0 Å². The molecule has 0 atom stereocenters. The fourth-order valence-electron chi connectivity index (χ4n) is 10.9. The van der Waals surface area contributed by atoms with Crippen LogP contribution in [-0.4, -0.2) is 13.4 Å². The Kier molecular flexibility index (Phi) is 8.74. The van der Waals surface area contributed by atoms with Crippen LogP contribution in [0.25, 0.3) is 54.6 Å². The van der Waals surface area contributed by atoms with Crippen LogP contribution in [0.5, 0.6) is 0 Å². The minimum absolute atomic E-state index is 0.0241. The number of benzene rings is 8. The molecule has 0 unspecified atom stereocenters. The van der Waals surface area contributed by atoms with Crippen molar-refractivity contribution >= 4 is 78.5 Å². The minimum Gasteiger partial charge on any atom is -0.0705 e. The Hall–Kier alpha value is -5.07. The summed E-state index contributed by atoms with van der Waals surface area (Å²) in [6.07, 6.45) is 0. The molecule has 0 bridgehead atoms. The second-order valence-corrected chi connectivity index (χ2v) is 24.3. The van der Waals surface area contributed by atoms with E-state index in [1.165, 1.54) is 115 Å². The third-order valence-corrected chi connectivity index (χ3v) is 14.8. The fourth-order valence-corrected chi connectivity index (χ4v) is 10.9. The second-order valence-electron chi connectivity index (χ2n) is 24.3. The van der Waals surface area contributed by atoms with Gasteiger partial charge in [-0.2, -0.15) is 0 Å². The third kappa shape index (κ3) is 6.32. The van der Waals surface area contributed by atoms with E-state index in [2.05, 4.69) is 219 Å². The van der Waals surface area contributed by atoms with Crippen LogP contribution in [0.2, 0.25) is 0 Å². The summed E-state index contributed by atoms with van der Waals surface area (Å²) >= 11 is 0. The minimum atomic E-state index is 0.0241. The maximum absolute atomic E-state index is 2.69. The van der Waals surface area contributed by atoms with Gasteiger partial charge in [0.05, 0.1) is 0 Å². The Balaban J connectivity index is 1.37. The average Bonchev–Trinajstić information content (AvgIpc) is 3.69. The molecule has 0 saturated heterocycles. The summed E-state index contributed by atoms with van der Waals surface area (Å²) in [5.41, 5.74) is 21.2. The van der Waals surface area contributed by atoms with E-state index in [0.29, 0.717) is 0 Å². The van der Waals surface area contributed by atoms with Crippen molar-refractivity contribution in [3.8, 4) is 22.3 Å². The van der Waals surface area contributed by atoms with Crippen LogP contribution in [0.1, 0.15) is 132 Å². The summed E-state index contributed by atoms with van der Waals surface area (Å²) in [4.78, 5) is 0. The van der Waals surface area contributed by atoms with Gasteiger partial charge >= 0.3 is 0 Å². The molecule has 0 fully saturated rings. The molecule has 8 aromatic carbocycles. The lowest BCUT2D eigenvalue weighted by Crippen LogP contribution is -2.54. The number of rotatable bonds is 2. The zero-order chi connectivity index (χ0) is 44.2. The maximum Gasteiger partial charge on any atom is 0.243 e. The topological polar surface area (TPSA) is 0 Å². The Morgan fingerprint density at radius 1 is 0.258 bits per heavy atom. The molecule has 0 amide bonds. The van der Waals surface area contributed by atoms with Gasteiger partial charge in [0.25, 0.3) is 0 Å². The molecule has 0 nitrogen and oxygen atoms in total. The molecule has 0 N–H and O–H groups in total. The highest BCUT2D eigenvalue weighted by Gasteiger charge is 2.41. The van der Waals surface area contributed by atoms with Crippen LogP contribution < -0.4 is 32.8 Å². The number of hydrogen-bond acceptors (Lipinski definition) is 0. The number of hydrogen-bond donors (Lipinski definition) is 0. The van der Waals surface area contributed by atoms with Gasteiger partial charge in [-0.15, -0.1) is 0 Å². The fraction of sp³-hybridized carbons (Fsp3) is 0.333. The van der Waals surface area contributed by atoms with Crippen LogP contribution in [0.3, 0.4) is 0 Å². The first-order valence-electron chi connectivity index (χ1n) is 23.2. The van der Waals surface area contributed by atoms with Crippen LogP contribution >= 0.6 is 0 Å². The van der Waals surface area contributed by atoms with Crippen molar-refractivity contribution in [2.75, 3.05) is 0 Å². The molecule has 0 aromatic heterocycles. The third-order valence-electron chi connectivity index (χ3n) is 14.8. The summed E-state index contributed by atoms with van der Waals surface area (Å²) in [7, 11) is 0. The van der Waals surface area contributed by atoms with Crippen LogP contribution in [0.15, 0.2) is 115 Å². The highest BCUT2D eigenvalue weighted by molar-refractivity contribution is 7.03. The normalized spacial score (nSPS) is 14.3. The van der Waals surface area contributed by atoms with E-state index < -0.39 is 0 Å². The molecular formula is C60H64B2. The summed E-state index contributed by atoms with van der Waals surface area (Å²) in [5.74, 6) is 0. The molecule has 10 rings (SSSR count). The van der Waals surface area contributed by atoms with Crippen molar-refractivity contribution in [3.63, 3.8) is 0 Å². The van der Waals surface area contributed by atoms with E-state index in [1.54, 1.807) is 0 Å². The van der Waals surface area contributed by atoms with Gasteiger partial charge in [-0.1, -0.05) is 252 Å². The lowest BCUT2D eigenvalue weighted by atomic mass is 9.34. The Labute approximate surface area is 373 Å². The van der Waals surface area contributed by atoms with Crippen molar-refractivity contribution in [3.05, 3.63) is 143 Å². The molecule has 310 valence electrons. The molecule has 62 heavy (non-hydrogen) atoms. The Morgan fingerprint density at radius 2 is 0.548 bits per heavy atom. The molecule has 0 aliphatic carbocycles. The highest BCUT2D eigenvalue weighted by atomic mass is 14.3. The zero-order valence-electron chi connectivity index (χ0n) is 40.1. The molecule has 2 aliphatic rings. The number of fused-ring (bicyclic) bond motifs is 6. The lowest BCUT2D eigenvalue weighted by Gasteiger charge is -2.26. The predicted octanol–water partition coefficient (Wildman–Crippen LogP) is 12.1. The Bertz CT molecular complexity index is 2810. The summed E-state index contributed by atoms with van der Waals surface area (Å²) in [5, 5.41) is 8.23. The van der Waals surface area contributed by atoms with E-state index in [4.69, 9.17) is 0 Å². The van der Waals surface area contributed by atoms with E-state index in [0.717, 1.165) is 0 Å². The van der Waals surface area contributed by atoms with Crippen LogP contribution in [0.4, 0.5) is 0 Å². The van der Waals surface area contributed by atoms with E-state index in [9.17, 15) is 0 Å². The van der Waals surface area contributed by atoms with E-state index in [1.807, 2.05) is 0 Å². The molecule has 8 aromatic rings. The van der Waals surface area contributed by atoms with Crippen molar-refractivity contribution in [2.24, 2.45) is 0 Å². The van der Waals surface area contributed by atoms with Crippen molar-refractivity contribution in [1.82, 2.24) is 0 Å². The van der Waals surface area contributed by atoms with Gasteiger partial charge in [-0.3, -0.25) is 0 Å². The van der Waals surface area contributed by atoms with Crippen molar-refractivity contribution < 1.29 is 0 Å². The summed E-state index contributed by atoms with van der Waals surface area (Å²) in [6, 6.07) is 47.0. The smallest absolute Gasteiger partial charge is 0.0705 e. The maximum atomic E-state index is 2.69. The van der Waals surface area contributed by atoms with Crippen LogP contribution in [0, 0.1) is 0 Å². The van der Waals surface area contributed by atoms with Gasteiger partial charge in [0.2, 0.25) is 13.4 Å². The average molecular weight is 807 g/mol. The van der Waals surface area contributed by atoms with Crippen molar-refractivity contribution in [1.29, 1.82) is 0 Å². The first-order chi connectivity index (χ1) is 28.9. The van der Waals surface area contributed by atoms with Gasteiger partial charge in [-0.25, -0.2) is 0 Å². The monoisotopic (exact) mass is 807 g/mol. The largest absolute Gasteiger partial charge is 0.243 e. The molecule has 2 heteroatoms. The van der Waals surface area contributed by atoms with Gasteiger partial charge in [-0.05, 0) is 109 Å². The molecule has 0 radical (unpaired) electrons. The lowest BCUT2D eigenvalue weighted by molar-refractivity contribution is 0.590. The van der Waals surface area contributed by atoms with Gasteiger partial charge in [0.15, 0.2) is 0 Å². The SMILES string of the molecule is CC(C)(C)c1ccc2c(c1)B(c1cc(B3c4cc(C(C)(C)C)ccc4-c4ccc(C(C)(C)C)cc43)c3ccc4cc(C(C)(C)C)cc5ccc1c3c54)c1cc(C(C)(C)C)ccc1-2. The first-order valence-corrected chi connectivity index (χ1v) is 23.2.